The number of nitrogens with one attached hydrogen (secondary N) is 2. The molecule has 7 heteroatoms. The lowest BCUT2D eigenvalue weighted by Gasteiger charge is -2.17. The van der Waals surface area contributed by atoms with Crippen molar-refractivity contribution in [3.8, 4) is 22.8 Å². The van der Waals surface area contributed by atoms with E-state index >= 15 is 0 Å². The van der Waals surface area contributed by atoms with E-state index in [9.17, 15) is 14.0 Å². The van der Waals surface area contributed by atoms with Crippen molar-refractivity contribution in [3.63, 3.8) is 0 Å². The number of pyridine rings is 1. The molecule has 3 aromatic carbocycles. The monoisotopic (exact) mass is 469 g/mol. The average Bonchev–Trinajstić information content (AvgIpc) is 2.86. The normalized spacial score (nSPS) is 11.4. The van der Waals surface area contributed by atoms with Crippen molar-refractivity contribution >= 4 is 17.6 Å². The fourth-order valence-electron chi connectivity index (χ4n) is 3.52. The van der Waals surface area contributed by atoms with Gasteiger partial charge in [-0.3, -0.25) is 9.59 Å². The highest BCUT2D eigenvalue weighted by Crippen LogP contribution is 2.26. The SMILES string of the molecule is CC(=O)N[C@@H](Cc1ccccc1)C(=O)Nc1cccc(-c2ccc(Oc3ccc(F)cc3)cc2)n1. The van der Waals surface area contributed by atoms with Crippen LogP contribution in [0.4, 0.5) is 10.2 Å². The number of anilines is 1. The van der Waals surface area contributed by atoms with E-state index in [1.807, 2.05) is 48.5 Å². The predicted molar refractivity (Wildman–Crippen MR) is 133 cm³/mol. The number of carbonyl (C=O) groups excluding carboxylic acids is 2. The van der Waals surface area contributed by atoms with Gasteiger partial charge in [-0.2, -0.15) is 0 Å². The summed E-state index contributed by atoms with van der Waals surface area (Å²) in [5.74, 6) is 0.550. The van der Waals surface area contributed by atoms with Crippen molar-refractivity contribution in [2.45, 2.75) is 19.4 Å². The maximum absolute atomic E-state index is 13.1. The van der Waals surface area contributed by atoms with Crippen molar-refractivity contribution in [2.24, 2.45) is 0 Å². The highest BCUT2D eigenvalue weighted by molar-refractivity contribution is 5.96. The Morgan fingerprint density at radius 1 is 0.857 bits per heavy atom. The van der Waals surface area contributed by atoms with E-state index in [0.29, 0.717) is 29.4 Å². The van der Waals surface area contributed by atoms with Crippen LogP contribution in [0.2, 0.25) is 0 Å². The van der Waals surface area contributed by atoms with Crippen LogP contribution in [0.1, 0.15) is 12.5 Å². The second kappa shape index (κ2) is 11.1. The van der Waals surface area contributed by atoms with Gasteiger partial charge in [0.2, 0.25) is 11.8 Å². The molecule has 1 heterocycles. The standard InChI is InChI=1S/C28H24FN3O3/c1-19(33)30-26(18-20-6-3-2-4-7-20)28(34)32-27-9-5-8-25(31-27)21-10-14-23(15-11-21)35-24-16-12-22(29)13-17-24/h2-17,26H,18H2,1H3,(H,30,33)(H,31,32,34)/t26-/m0/s1. The van der Waals surface area contributed by atoms with Crippen molar-refractivity contribution in [1.29, 1.82) is 0 Å². The lowest BCUT2D eigenvalue weighted by molar-refractivity contribution is -0.125. The number of carbonyl (C=O) groups is 2. The summed E-state index contributed by atoms with van der Waals surface area (Å²) in [6, 6.07) is 27.2. The van der Waals surface area contributed by atoms with Crippen LogP contribution < -0.4 is 15.4 Å². The first-order valence-electron chi connectivity index (χ1n) is 11.1. The van der Waals surface area contributed by atoms with E-state index in [4.69, 9.17) is 4.74 Å². The number of ether oxygens (including phenoxy) is 1. The Hall–Kier alpha value is -4.52. The topological polar surface area (TPSA) is 80.3 Å². The van der Waals surface area contributed by atoms with Gasteiger partial charge in [0.25, 0.3) is 0 Å². The number of hydrogen-bond acceptors (Lipinski definition) is 4. The van der Waals surface area contributed by atoms with Crippen LogP contribution in [0.25, 0.3) is 11.3 Å². The molecule has 0 aliphatic heterocycles. The number of nitrogens with zero attached hydrogens (tertiary/aromatic N) is 1. The van der Waals surface area contributed by atoms with Gasteiger partial charge in [-0.05, 0) is 66.2 Å². The molecule has 0 aliphatic rings. The number of benzene rings is 3. The maximum Gasteiger partial charge on any atom is 0.248 e. The van der Waals surface area contributed by atoms with Crippen LogP contribution in [-0.4, -0.2) is 22.8 Å². The molecule has 176 valence electrons. The van der Waals surface area contributed by atoms with Crippen LogP contribution in [0.3, 0.4) is 0 Å². The molecule has 0 aliphatic carbocycles. The average molecular weight is 470 g/mol. The third-order valence-corrected chi connectivity index (χ3v) is 5.18. The summed E-state index contributed by atoms with van der Waals surface area (Å²) in [5, 5.41) is 5.52. The van der Waals surface area contributed by atoms with Gasteiger partial charge in [0.1, 0.15) is 29.2 Å². The molecule has 0 spiro atoms. The highest BCUT2D eigenvalue weighted by Gasteiger charge is 2.20. The zero-order valence-electron chi connectivity index (χ0n) is 19.1. The second-order valence-corrected chi connectivity index (χ2v) is 7.92. The van der Waals surface area contributed by atoms with Crippen LogP contribution >= 0.6 is 0 Å². The second-order valence-electron chi connectivity index (χ2n) is 7.92. The van der Waals surface area contributed by atoms with Gasteiger partial charge in [-0.1, -0.05) is 36.4 Å². The molecule has 0 saturated carbocycles. The Balaban J connectivity index is 1.45. The lowest BCUT2D eigenvalue weighted by atomic mass is 10.1. The summed E-state index contributed by atoms with van der Waals surface area (Å²) < 4.78 is 18.8. The van der Waals surface area contributed by atoms with Crippen molar-refractivity contribution < 1.29 is 18.7 Å². The zero-order valence-corrected chi connectivity index (χ0v) is 19.1. The van der Waals surface area contributed by atoms with Gasteiger partial charge in [0.05, 0.1) is 5.69 Å². The fourth-order valence-corrected chi connectivity index (χ4v) is 3.52. The molecule has 0 bridgehead atoms. The molecule has 1 aromatic heterocycles. The largest absolute Gasteiger partial charge is 0.457 e. The predicted octanol–water partition coefficient (Wildman–Crippen LogP) is 5.37. The molecule has 2 amide bonds. The summed E-state index contributed by atoms with van der Waals surface area (Å²) >= 11 is 0. The van der Waals surface area contributed by atoms with E-state index in [0.717, 1.165) is 11.1 Å². The maximum atomic E-state index is 13.1. The summed E-state index contributed by atoms with van der Waals surface area (Å²) in [5.41, 5.74) is 2.43. The molecule has 0 saturated heterocycles. The van der Waals surface area contributed by atoms with Gasteiger partial charge in [0.15, 0.2) is 0 Å². The minimum Gasteiger partial charge on any atom is -0.457 e. The van der Waals surface area contributed by atoms with Gasteiger partial charge < -0.3 is 15.4 Å². The first-order valence-corrected chi connectivity index (χ1v) is 11.1. The number of halogens is 1. The van der Waals surface area contributed by atoms with E-state index in [1.54, 1.807) is 36.4 Å². The van der Waals surface area contributed by atoms with Crippen LogP contribution in [0.15, 0.2) is 97.1 Å². The van der Waals surface area contributed by atoms with Crippen molar-refractivity contribution in [1.82, 2.24) is 10.3 Å². The summed E-state index contributed by atoms with van der Waals surface area (Å²) in [6.45, 7) is 1.38. The Labute approximate surface area is 202 Å². The van der Waals surface area contributed by atoms with Gasteiger partial charge >= 0.3 is 0 Å². The van der Waals surface area contributed by atoms with Crippen molar-refractivity contribution in [3.05, 3.63) is 108 Å². The summed E-state index contributed by atoms with van der Waals surface area (Å²) in [4.78, 5) is 29.1. The molecule has 2 N–H and O–H groups in total. The third-order valence-electron chi connectivity index (χ3n) is 5.18. The van der Waals surface area contributed by atoms with E-state index in [-0.39, 0.29) is 17.6 Å². The van der Waals surface area contributed by atoms with Gasteiger partial charge in [-0.15, -0.1) is 0 Å². The molecule has 35 heavy (non-hydrogen) atoms. The Morgan fingerprint density at radius 3 is 2.17 bits per heavy atom. The van der Waals surface area contributed by atoms with Crippen LogP contribution in [0, 0.1) is 5.82 Å². The lowest BCUT2D eigenvalue weighted by Crippen LogP contribution is -2.44. The summed E-state index contributed by atoms with van der Waals surface area (Å²) in [6.07, 6.45) is 0.363. The van der Waals surface area contributed by atoms with Crippen LogP contribution in [0.5, 0.6) is 11.5 Å². The molecular weight excluding hydrogens is 445 g/mol. The molecular formula is C28H24FN3O3. The highest BCUT2D eigenvalue weighted by atomic mass is 19.1. The number of aromatic nitrogens is 1. The molecule has 1 atom stereocenters. The van der Waals surface area contributed by atoms with E-state index in [2.05, 4.69) is 15.6 Å². The Kier molecular flexibility index (Phi) is 7.47. The number of hydrogen-bond donors (Lipinski definition) is 2. The number of rotatable bonds is 8. The third kappa shape index (κ3) is 6.74. The smallest absolute Gasteiger partial charge is 0.248 e. The van der Waals surface area contributed by atoms with E-state index < -0.39 is 6.04 Å². The van der Waals surface area contributed by atoms with Gasteiger partial charge in [0, 0.05) is 18.9 Å². The Bertz CT molecular complexity index is 1290. The first-order chi connectivity index (χ1) is 17.0. The minimum atomic E-state index is -0.733. The molecule has 6 nitrogen and oxygen atoms in total. The van der Waals surface area contributed by atoms with Crippen molar-refractivity contribution in [2.75, 3.05) is 5.32 Å². The molecule has 4 rings (SSSR count). The molecule has 0 radical (unpaired) electrons. The quantitative estimate of drug-likeness (QED) is 0.364. The minimum absolute atomic E-state index is 0.286. The molecule has 4 aromatic rings. The van der Waals surface area contributed by atoms with Crippen LogP contribution in [-0.2, 0) is 16.0 Å². The Morgan fingerprint density at radius 2 is 1.51 bits per heavy atom. The molecule has 0 fully saturated rings. The van der Waals surface area contributed by atoms with Gasteiger partial charge in [-0.25, -0.2) is 9.37 Å². The zero-order chi connectivity index (χ0) is 24.6. The first kappa shape index (κ1) is 23.6. The van der Waals surface area contributed by atoms with E-state index in [1.165, 1.54) is 19.1 Å². The fraction of sp³-hybridized carbons (Fsp3) is 0.107. The number of amides is 2. The molecule has 0 unspecified atom stereocenters. The summed E-state index contributed by atoms with van der Waals surface area (Å²) in [7, 11) is 0.